The van der Waals surface area contributed by atoms with Gasteiger partial charge in [0.15, 0.2) is 0 Å². The van der Waals surface area contributed by atoms with Gasteiger partial charge >= 0.3 is 0 Å². The third-order valence-corrected chi connectivity index (χ3v) is 4.49. The fourth-order valence-corrected chi connectivity index (χ4v) is 3.08. The average molecular weight is 402 g/mol. The van der Waals surface area contributed by atoms with Crippen molar-refractivity contribution < 1.29 is 14.3 Å². The first-order valence-corrected chi connectivity index (χ1v) is 9.13. The quantitative estimate of drug-likeness (QED) is 0.633. The number of aliphatic hydroxyl groups is 1. The molecule has 1 aromatic carbocycles. The normalized spacial score (nSPS) is 10.8. The van der Waals surface area contributed by atoms with Crippen LogP contribution in [-0.4, -0.2) is 27.2 Å². The third kappa shape index (κ3) is 4.49. The summed E-state index contributed by atoms with van der Waals surface area (Å²) in [6.07, 6.45) is 1.69. The molecule has 3 aromatic rings. The molecule has 0 aliphatic rings. The molecule has 0 saturated heterocycles. The maximum absolute atomic E-state index is 13.0. The lowest BCUT2D eigenvalue weighted by Gasteiger charge is -2.16. The van der Waals surface area contributed by atoms with E-state index in [9.17, 15) is 14.7 Å². The second kappa shape index (κ2) is 8.86. The van der Waals surface area contributed by atoms with Crippen molar-refractivity contribution in [2.75, 3.05) is 6.61 Å². The number of aryl methyl sites for hydroxylation is 1. The minimum absolute atomic E-state index is 0.168. The number of furan rings is 1. The summed E-state index contributed by atoms with van der Waals surface area (Å²) in [5, 5.41) is 12.5. The van der Waals surface area contributed by atoms with E-state index in [2.05, 4.69) is 10.3 Å². The van der Waals surface area contributed by atoms with Crippen molar-refractivity contribution in [1.29, 1.82) is 0 Å². The fraction of sp³-hybridized carbons (Fsp3) is 0.250. The van der Waals surface area contributed by atoms with Crippen LogP contribution in [-0.2, 0) is 24.3 Å². The predicted octanol–water partition coefficient (Wildman–Crippen LogP) is 2.32. The number of hydrogen-bond acceptors (Lipinski definition) is 5. The van der Waals surface area contributed by atoms with Gasteiger partial charge in [-0.3, -0.25) is 14.2 Å². The van der Waals surface area contributed by atoms with Gasteiger partial charge in [-0.15, -0.1) is 0 Å². The summed E-state index contributed by atoms with van der Waals surface area (Å²) in [7, 11) is 0. The van der Waals surface area contributed by atoms with E-state index in [4.69, 9.17) is 16.0 Å². The summed E-state index contributed by atoms with van der Waals surface area (Å²) in [6.45, 7) is 1.53. The van der Waals surface area contributed by atoms with Crippen LogP contribution in [0.1, 0.15) is 17.0 Å². The molecule has 8 heteroatoms. The first kappa shape index (κ1) is 19.9. The highest BCUT2D eigenvalue weighted by Crippen LogP contribution is 2.21. The van der Waals surface area contributed by atoms with Crippen LogP contribution >= 0.6 is 11.6 Å². The molecule has 7 nitrogen and oxygen atoms in total. The smallest absolute Gasteiger partial charge is 0.257 e. The van der Waals surface area contributed by atoms with Gasteiger partial charge in [0, 0.05) is 34.9 Å². The Morgan fingerprint density at radius 3 is 2.82 bits per heavy atom. The molecule has 0 radical (unpaired) electrons. The first-order valence-electron chi connectivity index (χ1n) is 8.75. The molecule has 146 valence electrons. The van der Waals surface area contributed by atoms with Crippen LogP contribution in [0.2, 0.25) is 5.02 Å². The van der Waals surface area contributed by atoms with Crippen molar-refractivity contribution in [2.45, 2.75) is 26.4 Å². The van der Waals surface area contributed by atoms with E-state index in [0.29, 0.717) is 33.4 Å². The number of hydrogen-bond donors (Lipinski definition) is 2. The number of amides is 1. The van der Waals surface area contributed by atoms with E-state index in [1.165, 1.54) is 10.8 Å². The summed E-state index contributed by atoms with van der Waals surface area (Å²) < 4.78 is 6.50. The molecule has 3 rings (SSSR count). The van der Waals surface area contributed by atoms with Gasteiger partial charge in [0.05, 0.1) is 12.8 Å². The number of benzene rings is 1. The van der Waals surface area contributed by atoms with Crippen LogP contribution in [0.5, 0.6) is 0 Å². The zero-order chi connectivity index (χ0) is 20.1. The van der Waals surface area contributed by atoms with E-state index >= 15 is 0 Å². The van der Waals surface area contributed by atoms with Crippen LogP contribution in [0.3, 0.4) is 0 Å². The Morgan fingerprint density at radius 1 is 1.32 bits per heavy atom. The number of halogens is 1. The molecule has 0 bridgehead atoms. The number of nitrogens with zero attached hydrogens (tertiary/aromatic N) is 2. The monoisotopic (exact) mass is 401 g/mol. The number of nitrogens with one attached hydrogen (secondary N) is 1. The van der Waals surface area contributed by atoms with E-state index in [1.54, 1.807) is 43.3 Å². The van der Waals surface area contributed by atoms with Crippen molar-refractivity contribution in [3.8, 4) is 11.4 Å². The zero-order valence-corrected chi connectivity index (χ0v) is 16.1. The second-order valence-electron chi connectivity index (χ2n) is 6.23. The molecule has 0 unspecified atom stereocenters. The molecule has 2 N–H and O–H groups in total. The van der Waals surface area contributed by atoms with Crippen LogP contribution in [0.25, 0.3) is 11.4 Å². The SMILES string of the molecule is Cc1nc(-c2cccc(Cl)c2)n(CC(=O)NCc2ccco2)c(=O)c1CCO. The lowest BCUT2D eigenvalue weighted by molar-refractivity contribution is -0.121. The van der Waals surface area contributed by atoms with Crippen molar-refractivity contribution >= 4 is 17.5 Å². The van der Waals surface area contributed by atoms with Gasteiger partial charge in [-0.05, 0) is 31.2 Å². The van der Waals surface area contributed by atoms with Crippen molar-refractivity contribution in [3.05, 3.63) is 75.1 Å². The maximum atomic E-state index is 13.0. The molecule has 2 aromatic heterocycles. The lowest BCUT2D eigenvalue weighted by atomic mass is 10.1. The van der Waals surface area contributed by atoms with Gasteiger partial charge in [-0.2, -0.15) is 0 Å². The van der Waals surface area contributed by atoms with Gasteiger partial charge in [0.1, 0.15) is 18.1 Å². The maximum Gasteiger partial charge on any atom is 0.257 e. The molecule has 28 heavy (non-hydrogen) atoms. The highest BCUT2D eigenvalue weighted by atomic mass is 35.5. The Bertz CT molecular complexity index is 1030. The molecule has 1 amide bonds. The average Bonchev–Trinajstić information content (AvgIpc) is 3.19. The Kier molecular flexibility index (Phi) is 6.28. The van der Waals surface area contributed by atoms with Gasteiger partial charge in [-0.25, -0.2) is 4.98 Å². The summed E-state index contributed by atoms with van der Waals surface area (Å²) in [5.41, 5.74) is 1.17. The molecule has 0 spiro atoms. The number of carbonyl (C=O) groups excluding carboxylic acids is 1. The van der Waals surface area contributed by atoms with Gasteiger partial charge in [-0.1, -0.05) is 23.7 Å². The molecular weight excluding hydrogens is 382 g/mol. The molecule has 0 aliphatic carbocycles. The minimum Gasteiger partial charge on any atom is -0.467 e. The van der Waals surface area contributed by atoms with Gasteiger partial charge in [0.25, 0.3) is 5.56 Å². The Labute approximate surface area is 166 Å². The van der Waals surface area contributed by atoms with Crippen molar-refractivity contribution in [3.63, 3.8) is 0 Å². The largest absolute Gasteiger partial charge is 0.467 e. The number of aromatic nitrogens is 2. The lowest BCUT2D eigenvalue weighted by Crippen LogP contribution is -2.35. The second-order valence-corrected chi connectivity index (χ2v) is 6.67. The van der Waals surface area contributed by atoms with E-state index in [0.717, 1.165) is 0 Å². The minimum atomic E-state index is -0.359. The zero-order valence-electron chi connectivity index (χ0n) is 15.3. The highest BCUT2D eigenvalue weighted by Gasteiger charge is 2.18. The molecule has 0 atom stereocenters. The first-order chi connectivity index (χ1) is 13.5. The molecule has 2 heterocycles. The van der Waals surface area contributed by atoms with Crippen molar-refractivity contribution in [2.24, 2.45) is 0 Å². The molecule has 0 fully saturated rings. The van der Waals surface area contributed by atoms with E-state index in [1.807, 2.05) is 0 Å². The van der Waals surface area contributed by atoms with E-state index < -0.39 is 0 Å². The van der Waals surface area contributed by atoms with Gasteiger partial charge < -0.3 is 14.8 Å². The number of carbonyl (C=O) groups is 1. The third-order valence-electron chi connectivity index (χ3n) is 4.26. The summed E-state index contributed by atoms with van der Waals surface area (Å²) in [4.78, 5) is 30.0. The van der Waals surface area contributed by atoms with Crippen LogP contribution in [0, 0.1) is 6.92 Å². The Hall–Kier alpha value is -2.90. The molecule has 0 saturated carbocycles. The van der Waals surface area contributed by atoms with Crippen LogP contribution in [0.15, 0.2) is 51.9 Å². The Morgan fingerprint density at radius 2 is 2.14 bits per heavy atom. The Balaban J connectivity index is 1.97. The number of rotatable bonds is 7. The summed E-state index contributed by atoms with van der Waals surface area (Å²) in [6, 6.07) is 10.4. The predicted molar refractivity (Wildman–Crippen MR) is 105 cm³/mol. The number of aliphatic hydroxyl groups excluding tert-OH is 1. The van der Waals surface area contributed by atoms with Crippen LogP contribution < -0.4 is 10.9 Å². The standard InChI is InChI=1S/C20H20ClN3O4/c1-13-17(7-8-25)20(27)24(12-18(26)22-11-16-6-3-9-28-16)19(23-13)14-4-2-5-15(21)10-14/h2-6,9-10,25H,7-8,11-12H2,1H3,(H,22,26). The molecular formula is C20H20ClN3O4. The van der Waals surface area contributed by atoms with E-state index in [-0.39, 0.29) is 37.6 Å². The summed E-state index contributed by atoms with van der Waals surface area (Å²) >= 11 is 6.08. The topological polar surface area (TPSA) is 97.4 Å². The highest BCUT2D eigenvalue weighted by molar-refractivity contribution is 6.30. The fourth-order valence-electron chi connectivity index (χ4n) is 2.89. The van der Waals surface area contributed by atoms with Crippen LogP contribution in [0.4, 0.5) is 0 Å². The summed E-state index contributed by atoms with van der Waals surface area (Å²) in [5.74, 6) is 0.598. The van der Waals surface area contributed by atoms with Crippen molar-refractivity contribution in [1.82, 2.24) is 14.9 Å². The molecule has 0 aliphatic heterocycles. The van der Waals surface area contributed by atoms with Gasteiger partial charge in [0.2, 0.25) is 5.91 Å².